The second kappa shape index (κ2) is 38.9. The van der Waals surface area contributed by atoms with Crippen LogP contribution in [0, 0.1) is 0 Å². The lowest BCUT2D eigenvalue weighted by molar-refractivity contribution is -0.305. The van der Waals surface area contributed by atoms with Gasteiger partial charge in [0, 0.05) is 13.0 Å². The average Bonchev–Trinajstić information content (AvgIpc) is 3.20. The van der Waals surface area contributed by atoms with Crippen molar-refractivity contribution >= 4 is 5.97 Å². The lowest BCUT2D eigenvalue weighted by atomic mass is 9.99. The Morgan fingerprint density at radius 1 is 0.571 bits per heavy atom. The number of hydrogen-bond acceptors (Lipinski definition) is 9. The maximum Gasteiger partial charge on any atom is 0.306 e. The largest absolute Gasteiger partial charge is 0.457 e. The van der Waals surface area contributed by atoms with Gasteiger partial charge in [0.25, 0.3) is 0 Å². The highest BCUT2D eigenvalue weighted by atomic mass is 16.7. The Bertz CT molecular complexity index is 952. The Hall–Kier alpha value is -1.59. The number of carbonyl (C=O) groups is 1. The zero-order chi connectivity index (χ0) is 40.7. The van der Waals surface area contributed by atoms with Gasteiger partial charge in [-0.25, -0.2) is 0 Å². The van der Waals surface area contributed by atoms with E-state index in [-0.39, 0.29) is 19.2 Å². The zero-order valence-electron chi connectivity index (χ0n) is 35.9. The molecule has 0 aromatic rings. The van der Waals surface area contributed by atoms with Crippen LogP contribution in [-0.2, 0) is 23.7 Å². The Balaban J connectivity index is 2.26. The maximum absolute atomic E-state index is 12.8. The van der Waals surface area contributed by atoms with E-state index in [0.717, 1.165) is 57.8 Å². The van der Waals surface area contributed by atoms with Crippen LogP contribution in [0.25, 0.3) is 0 Å². The number of aliphatic hydroxyl groups excluding tert-OH is 4. The van der Waals surface area contributed by atoms with Gasteiger partial charge in [-0.3, -0.25) is 4.79 Å². The minimum atomic E-state index is -1.54. The molecule has 1 fully saturated rings. The van der Waals surface area contributed by atoms with Crippen LogP contribution in [0.4, 0.5) is 0 Å². The molecule has 0 amide bonds. The number of unbranched alkanes of at least 4 members (excludes halogenated alkanes) is 22. The third kappa shape index (κ3) is 29.6. The summed E-state index contributed by atoms with van der Waals surface area (Å²) in [5, 5.41) is 40.1. The predicted molar refractivity (Wildman–Crippen MR) is 228 cm³/mol. The van der Waals surface area contributed by atoms with Gasteiger partial charge in [0.15, 0.2) is 6.29 Å². The van der Waals surface area contributed by atoms with E-state index in [4.69, 9.17) is 18.9 Å². The SMILES string of the molecule is CCCCC/C=C\C/C=C\C/C=C\CCCCCCCCC(=O)OC(COCCCCCCCCCCCCCCCC)COC1OC(CO)C(O)C(O)C1O. The maximum atomic E-state index is 12.8. The number of hydrogen-bond donors (Lipinski definition) is 4. The molecule has 328 valence electrons. The Morgan fingerprint density at radius 2 is 1.04 bits per heavy atom. The summed E-state index contributed by atoms with van der Waals surface area (Å²) in [5.74, 6) is -0.324. The number of aliphatic hydroxyl groups is 4. The fourth-order valence-electron chi connectivity index (χ4n) is 6.91. The zero-order valence-corrected chi connectivity index (χ0v) is 35.9. The van der Waals surface area contributed by atoms with E-state index in [1.54, 1.807) is 0 Å². The summed E-state index contributed by atoms with van der Waals surface area (Å²) in [4.78, 5) is 12.8. The summed E-state index contributed by atoms with van der Waals surface area (Å²) in [6.45, 7) is 4.53. The molecular weight excluding hydrogens is 709 g/mol. The quantitative estimate of drug-likeness (QED) is 0.0272. The Labute approximate surface area is 342 Å². The van der Waals surface area contributed by atoms with Gasteiger partial charge in [-0.15, -0.1) is 0 Å². The van der Waals surface area contributed by atoms with Crippen molar-refractivity contribution in [1.29, 1.82) is 0 Å². The van der Waals surface area contributed by atoms with Crippen molar-refractivity contribution in [2.24, 2.45) is 0 Å². The van der Waals surface area contributed by atoms with E-state index in [2.05, 4.69) is 50.3 Å². The smallest absolute Gasteiger partial charge is 0.306 e. The Morgan fingerprint density at radius 3 is 1.59 bits per heavy atom. The lowest BCUT2D eigenvalue weighted by Gasteiger charge is -2.39. The third-order valence-electron chi connectivity index (χ3n) is 10.6. The van der Waals surface area contributed by atoms with Gasteiger partial charge in [0.05, 0.1) is 19.8 Å². The van der Waals surface area contributed by atoms with Crippen molar-refractivity contribution < 1.29 is 44.2 Å². The number of esters is 1. The Kier molecular flexibility index (Phi) is 36.4. The molecule has 0 saturated carbocycles. The van der Waals surface area contributed by atoms with E-state index >= 15 is 0 Å². The molecule has 0 aromatic heterocycles. The molecule has 1 rings (SSSR count). The first kappa shape index (κ1) is 52.4. The van der Waals surface area contributed by atoms with Gasteiger partial charge in [0.2, 0.25) is 0 Å². The molecule has 1 aliphatic rings. The summed E-state index contributed by atoms with van der Waals surface area (Å²) in [7, 11) is 0. The molecule has 4 N–H and O–H groups in total. The van der Waals surface area contributed by atoms with Gasteiger partial charge in [-0.05, 0) is 51.4 Å². The van der Waals surface area contributed by atoms with Crippen molar-refractivity contribution in [3.8, 4) is 0 Å². The van der Waals surface area contributed by atoms with E-state index in [1.807, 2.05) is 0 Å². The van der Waals surface area contributed by atoms with Crippen LogP contribution in [0.5, 0.6) is 0 Å². The first-order valence-electron chi connectivity index (χ1n) is 23.1. The van der Waals surface area contributed by atoms with Gasteiger partial charge < -0.3 is 39.4 Å². The minimum Gasteiger partial charge on any atom is -0.457 e. The van der Waals surface area contributed by atoms with Crippen LogP contribution in [0.2, 0.25) is 0 Å². The van der Waals surface area contributed by atoms with Crippen LogP contribution < -0.4 is 0 Å². The third-order valence-corrected chi connectivity index (χ3v) is 10.6. The summed E-state index contributed by atoms with van der Waals surface area (Å²) in [5.41, 5.74) is 0. The summed E-state index contributed by atoms with van der Waals surface area (Å²) in [6, 6.07) is 0. The van der Waals surface area contributed by atoms with Crippen LogP contribution in [0.1, 0.15) is 194 Å². The number of ether oxygens (including phenoxy) is 4. The summed E-state index contributed by atoms with van der Waals surface area (Å²) >= 11 is 0. The molecule has 6 atom stereocenters. The van der Waals surface area contributed by atoms with Gasteiger partial charge in [0.1, 0.15) is 30.5 Å². The second-order valence-electron chi connectivity index (χ2n) is 15.9. The molecule has 0 aliphatic carbocycles. The van der Waals surface area contributed by atoms with E-state index < -0.39 is 43.4 Å². The van der Waals surface area contributed by atoms with Crippen LogP contribution >= 0.6 is 0 Å². The van der Waals surface area contributed by atoms with Gasteiger partial charge in [-0.1, -0.05) is 172 Å². The molecule has 1 saturated heterocycles. The summed E-state index contributed by atoms with van der Waals surface area (Å²) in [6.07, 6.45) is 38.8. The van der Waals surface area contributed by atoms with Crippen LogP contribution in [-0.4, -0.2) is 89.6 Å². The molecule has 1 aliphatic heterocycles. The summed E-state index contributed by atoms with van der Waals surface area (Å²) < 4.78 is 22.8. The van der Waals surface area contributed by atoms with Crippen molar-refractivity contribution in [3.05, 3.63) is 36.5 Å². The number of carbonyl (C=O) groups excluding carboxylic acids is 1. The highest BCUT2D eigenvalue weighted by Crippen LogP contribution is 2.22. The monoisotopic (exact) mass is 795 g/mol. The van der Waals surface area contributed by atoms with E-state index in [9.17, 15) is 25.2 Å². The molecule has 0 spiro atoms. The first-order valence-corrected chi connectivity index (χ1v) is 23.1. The van der Waals surface area contributed by atoms with Gasteiger partial charge in [-0.2, -0.15) is 0 Å². The molecule has 0 bridgehead atoms. The first-order chi connectivity index (χ1) is 27.4. The van der Waals surface area contributed by atoms with Crippen molar-refractivity contribution in [1.82, 2.24) is 0 Å². The fraction of sp³-hybridized carbons (Fsp3) is 0.851. The second-order valence-corrected chi connectivity index (χ2v) is 15.9. The number of rotatable bonds is 39. The highest BCUT2D eigenvalue weighted by molar-refractivity contribution is 5.69. The normalized spacial score (nSPS) is 20.9. The van der Waals surface area contributed by atoms with Crippen LogP contribution in [0.3, 0.4) is 0 Å². The lowest BCUT2D eigenvalue weighted by Crippen LogP contribution is -2.59. The van der Waals surface area contributed by atoms with Crippen molar-refractivity contribution in [2.75, 3.05) is 26.4 Å². The minimum absolute atomic E-state index is 0.117. The standard InChI is InChI=1S/C47H86O9/c1-3-5-7-9-11-13-15-17-19-20-21-22-23-24-26-28-30-32-34-36-43(49)55-41(40-54-47-46(52)45(51)44(50)42(38-48)56-47)39-53-37-35-33-31-29-27-25-18-16-14-12-10-8-6-4-2/h11,13,17,19,21-22,41-42,44-48,50-52H,3-10,12,14-16,18,20,23-40H2,1-2H3/b13-11-,19-17-,22-21-. The van der Waals surface area contributed by atoms with E-state index in [1.165, 1.54) is 116 Å². The van der Waals surface area contributed by atoms with Crippen LogP contribution in [0.15, 0.2) is 36.5 Å². The van der Waals surface area contributed by atoms with Crippen molar-refractivity contribution in [2.45, 2.75) is 230 Å². The molecule has 0 aromatic carbocycles. The average molecular weight is 795 g/mol. The topological polar surface area (TPSA) is 135 Å². The molecule has 0 radical (unpaired) electrons. The van der Waals surface area contributed by atoms with Gasteiger partial charge >= 0.3 is 5.97 Å². The highest BCUT2D eigenvalue weighted by Gasteiger charge is 2.44. The molecule has 9 nitrogen and oxygen atoms in total. The van der Waals surface area contributed by atoms with E-state index in [0.29, 0.717) is 13.0 Å². The molecule has 9 heteroatoms. The van der Waals surface area contributed by atoms with Crippen molar-refractivity contribution in [3.63, 3.8) is 0 Å². The molecule has 56 heavy (non-hydrogen) atoms. The molecular formula is C47H86O9. The number of allylic oxidation sites excluding steroid dienone is 6. The fourth-order valence-corrected chi connectivity index (χ4v) is 6.91. The molecule has 1 heterocycles. The molecule has 6 unspecified atom stereocenters. The predicted octanol–water partition coefficient (Wildman–Crippen LogP) is 10.4.